The van der Waals surface area contributed by atoms with Gasteiger partial charge in [0.1, 0.15) is 12.5 Å². The molecule has 0 aromatic rings. The van der Waals surface area contributed by atoms with Gasteiger partial charge in [0.25, 0.3) is 0 Å². The molecule has 0 aromatic heterocycles. The summed E-state index contributed by atoms with van der Waals surface area (Å²) in [6.45, 7) is 4.00. The second kappa shape index (κ2) is 9.28. The summed E-state index contributed by atoms with van der Waals surface area (Å²) in [5, 5.41) is 15.6. The lowest BCUT2D eigenvalue weighted by atomic mass is 11.0. The number of hydrogen-bond donors (Lipinski definition) is 2. The number of rotatable bonds is 2. The highest BCUT2D eigenvalue weighted by Crippen LogP contribution is 1.81. The van der Waals surface area contributed by atoms with Gasteiger partial charge in [0.15, 0.2) is 0 Å². The van der Waals surface area contributed by atoms with E-state index in [-0.39, 0.29) is 0 Å². The monoisotopic (exact) mass is 178 g/mol. The Kier molecular flexibility index (Phi) is 9.99. The Labute approximate surface area is 69.0 Å². The Morgan fingerprint density at radius 2 is 1.25 bits per heavy atom. The van der Waals surface area contributed by atoms with Gasteiger partial charge in [0.2, 0.25) is 0 Å². The molecule has 0 spiro atoms. The van der Waals surface area contributed by atoms with Gasteiger partial charge >= 0.3 is 12.3 Å². The SMILES string of the molecule is CC.O=C(O)O/C=C/OC(=O)O. The predicted octanol–water partition coefficient (Wildman–Crippen LogP) is 1.87. The predicted molar refractivity (Wildman–Crippen MR) is 38.7 cm³/mol. The first-order chi connectivity index (χ1) is 5.63. The van der Waals surface area contributed by atoms with Crippen molar-refractivity contribution in [1.29, 1.82) is 0 Å². The van der Waals surface area contributed by atoms with Crippen molar-refractivity contribution < 1.29 is 29.3 Å². The maximum Gasteiger partial charge on any atom is 0.510 e. The van der Waals surface area contributed by atoms with Gasteiger partial charge in [-0.15, -0.1) is 0 Å². The fraction of sp³-hybridized carbons (Fsp3) is 0.333. The Balaban J connectivity index is 0. The summed E-state index contributed by atoms with van der Waals surface area (Å²) in [5.41, 5.74) is 0. The van der Waals surface area contributed by atoms with Crippen molar-refractivity contribution in [3.63, 3.8) is 0 Å². The van der Waals surface area contributed by atoms with Crippen LogP contribution in [0.4, 0.5) is 9.59 Å². The molecule has 6 nitrogen and oxygen atoms in total. The molecule has 2 N–H and O–H groups in total. The van der Waals surface area contributed by atoms with Crippen molar-refractivity contribution in [3.05, 3.63) is 12.5 Å². The molecule has 0 saturated heterocycles. The van der Waals surface area contributed by atoms with E-state index in [4.69, 9.17) is 10.2 Å². The third-order valence-electron chi connectivity index (χ3n) is 0.393. The quantitative estimate of drug-likeness (QED) is 0.495. The lowest BCUT2D eigenvalue weighted by Gasteiger charge is -1.88. The Bertz CT molecular complexity index is 143. The van der Waals surface area contributed by atoms with Crippen LogP contribution in [-0.2, 0) is 9.47 Å². The molecule has 0 bridgehead atoms. The average molecular weight is 178 g/mol. The molecule has 0 atom stereocenters. The lowest BCUT2D eigenvalue weighted by Crippen LogP contribution is -1.95. The Morgan fingerprint density at radius 1 is 1.00 bits per heavy atom. The van der Waals surface area contributed by atoms with Crippen LogP contribution in [0.3, 0.4) is 0 Å². The molecule has 0 fully saturated rings. The summed E-state index contributed by atoms with van der Waals surface area (Å²) >= 11 is 0. The van der Waals surface area contributed by atoms with E-state index < -0.39 is 12.3 Å². The van der Waals surface area contributed by atoms with Crippen LogP contribution in [0.15, 0.2) is 12.5 Å². The van der Waals surface area contributed by atoms with E-state index in [1.807, 2.05) is 13.8 Å². The van der Waals surface area contributed by atoms with Gasteiger partial charge in [0, 0.05) is 0 Å². The third-order valence-corrected chi connectivity index (χ3v) is 0.393. The van der Waals surface area contributed by atoms with Gasteiger partial charge in [-0.25, -0.2) is 9.59 Å². The third kappa shape index (κ3) is 15.7. The van der Waals surface area contributed by atoms with Crippen molar-refractivity contribution in [2.24, 2.45) is 0 Å². The molecule has 0 aliphatic rings. The topological polar surface area (TPSA) is 93.1 Å². The minimum absolute atomic E-state index is 0.594. The molecular formula is C6H10O6. The van der Waals surface area contributed by atoms with Crippen LogP contribution < -0.4 is 0 Å². The van der Waals surface area contributed by atoms with E-state index in [0.717, 1.165) is 0 Å². The molecule has 0 amide bonds. The largest absolute Gasteiger partial charge is 0.510 e. The Morgan fingerprint density at radius 3 is 1.42 bits per heavy atom. The molecule has 0 aliphatic heterocycles. The van der Waals surface area contributed by atoms with Gasteiger partial charge in [-0.2, -0.15) is 0 Å². The van der Waals surface area contributed by atoms with Gasteiger partial charge in [0.05, 0.1) is 0 Å². The highest BCUT2D eigenvalue weighted by atomic mass is 16.7. The van der Waals surface area contributed by atoms with E-state index in [1.165, 1.54) is 0 Å². The lowest BCUT2D eigenvalue weighted by molar-refractivity contribution is 0.114. The molecule has 0 aromatic carbocycles. The molecule has 12 heavy (non-hydrogen) atoms. The number of carboxylic acid groups (broad SMARTS) is 2. The van der Waals surface area contributed by atoms with E-state index in [0.29, 0.717) is 12.5 Å². The first-order valence-corrected chi connectivity index (χ1v) is 3.07. The highest BCUT2D eigenvalue weighted by Gasteiger charge is 1.91. The van der Waals surface area contributed by atoms with Crippen LogP contribution >= 0.6 is 0 Å². The van der Waals surface area contributed by atoms with Crippen molar-refractivity contribution >= 4 is 12.3 Å². The van der Waals surface area contributed by atoms with Crippen LogP contribution in [0.2, 0.25) is 0 Å². The minimum Gasteiger partial charge on any atom is -0.449 e. The molecule has 0 radical (unpaired) electrons. The first kappa shape index (κ1) is 12.9. The van der Waals surface area contributed by atoms with Crippen molar-refractivity contribution in [2.45, 2.75) is 13.8 Å². The van der Waals surface area contributed by atoms with E-state index in [1.54, 1.807) is 0 Å². The minimum atomic E-state index is -1.54. The molecule has 6 heteroatoms. The van der Waals surface area contributed by atoms with Crippen LogP contribution in [0.5, 0.6) is 0 Å². The van der Waals surface area contributed by atoms with Gasteiger partial charge in [-0.1, -0.05) is 13.8 Å². The molecule has 0 heterocycles. The molecule has 0 unspecified atom stereocenters. The van der Waals surface area contributed by atoms with Crippen molar-refractivity contribution in [1.82, 2.24) is 0 Å². The van der Waals surface area contributed by atoms with Crippen LogP contribution in [0.25, 0.3) is 0 Å². The molecule has 0 rings (SSSR count). The van der Waals surface area contributed by atoms with E-state index in [9.17, 15) is 9.59 Å². The highest BCUT2D eigenvalue weighted by molar-refractivity contribution is 5.58. The van der Waals surface area contributed by atoms with E-state index in [2.05, 4.69) is 9.47 Å². The summed E-state index contributed by atoms with van der Waals surface area (Å²) in [4.78, 5) is 19.1. The second-order valence-corrected chi connectivity index (χ2v) is 1.04. The summed E-state index contributed by atoms with van der Waals surface area (Å²) in [6.07, 6.45) is -1.89. The zero-order chi connectivity index (χ0) is 9.98. The van der Waals surface area contributed by atoms with Crippen LogP contribution in [0.1, 0.15) is 13.8 Å². The molecule has 0 aliphatic carbocycles. The smallest absolute Gasteiger partial charge is 0.449 e. The zero-order valence-corrected chi connectivity index (χ0v) is 6.68. The summed E-state index contributed by atoms with van der Waals surface area (Å²) in [5.74, 6) is 0. The summed E-state index contributed by atoms with van der Waals surface area (Å²) in [7, 11) is 0. The molecular weight excluding hydrogens is 168 g/mol. The molecule has 0 saturated carbocycles. The maximum atomic E-state index is 9.57. The zero-order valence-electron chi connectivity index (χ0n) is 6.68. The average Bonchev–Trinajstić information content (AvgIpc) is 2.02. The fourth-order valence-corrected chi connectivity index (χ4v) is 0.172. The van der Waals surface area contributed by atoms with Crippen molar-refractivity contribution in [2.75, 3.05) is 0 Å². The molecule has 70 valence electrons. The first-order valence-electron chi connectivity index (χ1n) is 3.07. The van der Waals surface area contributed by atoms with E-state index >= 15 is 0 Å². The van der Waals surface area contributed by atoms with Gasteiger partial charge in [-0.05, 0) is 0 Å². The standard InChI is InChI=1S/C4H4O6.C2H6/c5-3(6)9-1-2-10-4(7)8;1-2/h1-2H,(H,5,6)(H,7,8);1-2H3/b2-1+;. The van der Waals surface area contributed by atoms with Crippen molar-refractivity contribution in [3.8, 4) is 0 Å². The maximum absolute atomic E-state index is 9.57. The normalized spacial score (nSPS) is 8.17. The van der Waals surface area contributed by atoms with Crippen LogP contribution in [0, 0.1) is 0 Å². The number of carbonyl (C=O) groups is 2. The van der Waals surface area contributed by atoms with Gasteiger partial charge < -0.3 is 19.7 Å². The van der Waals surface area contributed by atoms with Crippen LogP contribution in [-0.4, -0.2) is 22.5 Å². The van der Waals surface area contributed by atoms with Gasteiger partial charge in [-0.3, -0.25) is 0 Å². The second-order valence-electron chi connectivity index (χ2n) is 1.04. The summed E-state index contributed by atoms with van der Waals surface area (Å²) < 4.78 is 7.48. The number of ether oxygens (including phenoxy) is 2. The summed E-state index contributed by atoms with van der Waals surface area (Å²) in [6, 6.07) is 0. The fourth-order valence-electron chi connectivity index (χ4n) is 0.172. The number of hydrogen-bond acceptors (Lipinski definition) is 4. The Hall–Kier alpha value is -1.72.